The van der Waals surface area contributed by atoms with E-state index in [1.54, 1.807) is 0 Å². The van der Waals surface area contributed by atoms with E-state index in [4.69, 9.17) is 4.74 Å². The lowest BCUT2D eigenvalue weighted by Gasteiger charge is -2.45. The van der Waals surface area contributed by atoms with Crippen LogP contribution < -0.4 is 5.32 Å². The van der Waals surface area contributed by atoms with Gasteiger partial charge in [0.05, 0.1) is 0 Å². The maximum Gasteiger partial charge on any atom is 0.410 e. The van der Waals surface area contributed by atoms with Gasteiger partial charge in [0.25, 0.3) is 0 Å². The SMILES string of the molecule is CC(C)(C)OC(=O)N1CCC(C)(C2CCCNC2)CC1. The molecule has 0 aliphatic carbocycles. The normalized spacial score (nSPS) is 27.2. The first-order chi connectivity index (χ1) is 9.30. The van der Waals surface area contributed by atoms with Crippen LogP contribution in [0.2, 0.25) is 0 Å². The highest BCUT2D eigenvalue weighted by molar-refractivity contribution is 5.68. The molecule has 0 bridgehead atoms. The first-order valence-electron chi connectivity index (χ1n) is 7.99. The maximum atomic E-state index is 12.1. The summed E-state index contributed by atoms with van der Waals surface area (Å²) in [5, 5.41) is 3.52. The number of rotatable bonds is 1. The van der Waals surface area contributed by atoms with Crippen molar-refractivity contribution in [2.45, 2.75) is 59.0 Å². The Bertz CT molecular complexity index is 335. The number of likely N-dealkylation sites (tertiary alicyclic amines) is 1. The van der Waals surface area contributed by atoms with Crippen LogP contribution in [0.3, 0.4) is 0 Å². The third-order valence-corrected chi connectivity index (χ3v) is 4.84. The van der Waals surface area contributed by atoms with Crippen molar-refractivity contribution in [2.24, 2.45) is 11.3 Å². The summed E-state index contributed by atoms with van der Waals surface area (Å²) >= 11 is 0. The summed E-state index contributed by atoms with van der Waals surface area (Å²) in [4.78, 5) is 14.0. The number of carbonyl (C=O) groups is 1. The van der Waals surface area contributed by atoms with Gasteiger partial charge in [-0.25, -0.2) is 4.79 Å². The quantitative estimate of drug-likeness (QED) is 0.804. The highest BCUT2D eigenvalue weighted by Crippen LogP contribution is 2.41. The average molecular weight is 282 g/mol. The lowest BCUT2D eigenvalue weighted by Crippen LogP contribution is -2.49. The fourth-order valence-electron chi connectivity index (χ4n) is 3.38. The summed E-state index contributed by atoms with van der Waals surface area (Å²) in [6, 6.07) is 0. The van der Waals surface area contributed by atoms with Crippen LogP contribution in [-0.4, -0.2) is 42.8 Å². The molecule has 4 heteroatoms. The summed E-state index contributed by atoms with van der Waals surface area (Å²) in [6.45, 7) is 12.1. The molecule has 1 atom stereocenters. The van der Waals surface area contributed by atoms with Crippen LogP contribution in [0, 0.1) is 11.3 Å². The fourth-order valence-corrected chi connectivity index (χ4v) is 3.38. The molecule has 0 radical (unpaired) electrons. The highest BCUT2D eigenvalue weighted by atomic mass is 16.6. The Morgan fingerprint density at radius 2 is 1.95 bits per heavy atom. The van der Waals surface area contributed by atoms with Crippen LogP contribution in [0.1, 0.15) is 53.4 Å². The van der Waals surface area contributed by atoms with Crippen LogP contribution in [0.5, 0.6) is 0 Å². The number of hydrogen-bond acceptors (Lipinski definition) is 3. The van der Waals surface area contributed by atoms with Gasteiger partial charge in [-0.2, -0.15) is 0 Å². The van der Waals surface area contributed by atoms with Gasteiger partial charge >= 0.3 is 6.09 Å². The Balaban J connectivity index is 1.86. The van der Waals surface area contributed by atoms with Crippen molar-refractivity contribution in [2.75, 3.05) is 26.2 Å². The third-order valence-electron chi connectivity index (χ3n) is 4.84. The van der Waals surface area contributed by atoms with Gasteiger partial charge in [-0.3, -0.25) is 0 Å². The van der Waals surface area contributed by atoms with E-state index in [1.807, 2.05) is 25.7 Å². The van der Waals surface area contributed by atoms with Gasteiger partial charge in [-0.15, -0.1) is 0 Å². The molecule has 4 nitrogen and oxygen atoms in total. The van der Waals surface area contributed by atoms with Crippen molar-refractivity contribution in [1.82, 2.24) is 10.2 Å². The molecular weight excluding hydrogens is 252 g/mol. The molecule has 20 heavy (non-hydrogen) atoms. The molecule has 2 aliphatic heterocycles. The van der Waals surface area contributed by atoms with Gasteiger partial charge in [0.1, 0.15) is 5.60 Å². The molecule has 1 unspecified atom stereocenters. The Labute approximate surface area is 123 Å². The molecule has 1 amide bonds. The minimum absolute atomic E-state index is 0.152. The van der Waals surface area contributed by atoms with Gasteiger partial charge in [-0.1, -0.05) is 6.92 Å². The van der Waals surface area contributed by atoms with Crippen LogP contribution >= 0.6 is 0 Å². The smallest absolute Gasteiger partial charge is 0.410 e. The minimum Gasteiger partial charge on any atom is -0.444 e. The zero-order valence-corrected chi connectivity index (χ0v) is 13.5. The number of nitrogens with zero attached hydrogens (tertiary/aromatic N) is 1. The lowest BCUT2D eigenvalue weighted by molar-refractivity contribution is 0.00112. The number of ether oxygens (including phenoxy) is 1. The molecule has 2 saturated heterocycles. The largest absolute Gasteiger partial charge is 0.444 e. The fraction of sp³-hybridized carbons (Fsp3) is 0.938. The van der Waals surface area contributed by atoms with Crippen LogP contribution in [0.25, 0.3) is 0 Å². The Kier molecular flexibility index (Phi) is 4.62. The Morgan fingerprint density at radius 3 is 2.45 bits per heavy atom. The molecule has 2 rings (SSSR count). The third kappa shape index (κ3) is 3.87. The molecule has 0 aromatic rings. The van der Waals surface area contributed by atoms with Gasteiger partial charge in [0.15, 0.2) is 0 Å². The van der Waals surface area contributed by atoms with Crippen molar-refractivity contribution in [3.05, 3.63) is 0 Å². The topological polar surface area (TPSA) is 41.6 Å². The van der Waals surface area contributed by atoms with Crippen molar-refractivity contribution in [3.8, 4) is 0 Å². The monoisotopic (exact) mass is 282 g/mol. The summed E-state index contributed by atoms with van der Waals surface area (Å²) in [5.41, 5.74) is -0.0168. The molecular formula is C16H30N2O2. The summed E-state index contributed by atoms with van der Waals surface area (Å²) < 4.78 is 5.47. The first kappa shape index (κ1) is 15.6. The standard InChI is InChI=1S/C16H30N2O2/c1-15(2,3)20-14(19)18-10-7-16(4,8-11-18)13-6-5-9-17-12-13/h13,17H,5-12H2,1-4H3. The van der Waals surface area contributed by atoms with Crippen LogP contribution in [0.4, 0.5) is 4.79 Å². The lowest BCUT2D eigenvalue weighted by atomic mass is 9.68. The van der Waals surface area contributed by atoms with Crippen molar-refractivity contribution >= 4 is 6.09 Å². The second-order valence-electron chi connectivity index (χ2n) is 7.66. The van der Waals surface area contributed by atoms with E-state index in [2.05, 4.69) is 12.2 Å². The van der Waals surface area contributed by atoms with Gasteiger partial charge in [0, 0.05) is 13.1 Å². The van der Waals surface area contributed by atoms with E-state index >= 15 is 0 Å². The summed E-state index contributed by atoms with van der Waals surface area (Å²) in [5.74, 6) is 0.761. The average Bonchev–Trinajstić information content (AvgIpc) is 2.38. The molecule has 1 N–H and O–H groups in total. The van der Waals surface area contributed by atoms with E-state index < -0.39 is 5.60 Å². The second-order valence-corrected chi connectivity index (χ2v) is 7.66. The first-order valence-corrected chi connectivity index (χ1v) is 7.99. The number of nitrogens with one attached hydrogen (secondary N) is 1. The molecule has 2 aliphatic rings. The molecule has 0 saturated carbocycles. The molecule has 2 fully saturated rings. The second kappa shape index (κ2) is 5.92. The van der Waals surface area contributed by atoms with Gasteiger partial charge in [0.2, 0.25) is 0 Å². The number of carbonyl (C=O) groups excluding carboxylic acids is 1. The highest BCUT2D eigenvalue weighted by Gasteiger charge is 2.39. The number of hydrogen-bond donors (Lipinski definition) is 1. The van der Waals surface area contributed by atoms with E-state index in [0.717, 1.165) is 44.9 Å². The predicted octanol–water partition coefficient (Wildman–Crippen LogP) is 3.02. The minimum atomic E-state index is -0.398. The predicted molar refractivity (Wildman–Crippen MR) is 80.7 cm³/mol. The van der Waals surface area contributed by atoms with Crippen molar-refractivity contribution < 1.29 is 9.53 Å². The van der Waals surface area contributed by atoms with E-state index in [-0.39, 0.29) is 6.09 Å². The molecule has 0 spiro atoms. The Morgan fingerprint density at radius 1 is 1.30 bits per heavy atom. The van der Waals surface area contributed by atoms with E-state index in [1.165, 1.54) is 12.8 Å². The van der Waals surface area contributed by atoms with E-state index in [9.17, 15) is 4.79 Å². The zero-order chi connectivity index (χ0) is 14.8. The van der Waals surface area contributed by atoms with Crippen LogP contribution in [0.15, 0.2) is 0 Å². The summed E-state index contributed by atoms with van der Waals surface area (Å²) in [7, 11) is 0. The van der Waals surface area contributed by atoms with Crippen molar-refractivity contribution in [1.29, 1.82) is 0 Å². The molecule has 116 valence electrons. The van der Waals surface area contributed by atoms with Gasteiger partial charge < -0.3 is 15.0 Å². The molecule has 0 aromatic carbocycles. The number of amides is 1. The molecule has 0 aromatic heterocycles. The van der Waals surface area contributed by atoms with Crippen molar-refractivity contribution in [3.63, 3.8) is 0 Å². The van der Waals surface area contributed by atoms with Gasteiger partial charge in [-0.05, 0) is 70.9 Å². The Hall–Kier alpha value is -0.770. The number of piperidine rings is 2. The summed E-state index contributed by atoms with van der Waals surface area (Å²) in [6.07, 6.45) is 4.66. The van der Waals surface area contributed by atoms with Crippen LogP contribution in [-0.2, 0) is 4.74 Å². The zero-order valence-electron chi connectivity index (χ0n) is 13.5. The molecule has 2 heterocycles. The van der Waals surface area contributed by atoms with E-state index in [0.29, 0.717) is 5.41 Å². The maximum absolute atomic E-state index is 12.1.